The van der Waals surface area contributed by atoms with Crippen LogP contribution in [0.3, 0.4) is 0 Å². The Bertz CT molecular complexity index is 555. The molecule has 2 N–H and O–H groups in total. The van der Waals surface area contributed by atoms with Gasteiger partial charge in [0, 0.05) is 34.9 Å². The molecule has 3 rings (SSSR count). The summed E-state index contributed by atoms with van der Waals surface area (Å²) in [5.74, 6) is 0.113. The molecule has 1 aromatic carbocycles. The number of anilines is 1. The molecule has 1 aromatic rings. The third-order valence-corrected chi connectivity index (χ3v) is 5.21. The van der Waals surface area contributed by atoms with Gasteiger partial charge in [0.15, 0.2) is 0 Å². The fourth-order valence-electron chi connectivity index (χ4n) is 3.42. The third-order valence-electron chi connectivity index (χ3n) is 4.75. The Balaban J connectivity index is 1.74. The maximum Gasteiger partial charge on any atom is 0.254 e. The van der Waals surface area contributed by atoms with Crippen LogP contribution in [-0.4, -0.2) is 47.9 Å². The predicted octanol–water partition coefficient (Wildman–Crippen LogP) is 2.65. The number of amides is 1. The first kappa shape index (κ1) is 14.9. The molecule has 0 aliphatic carbocycles. The summed E-state index contributed by atoms with van der Waals surface area (Å²) in [7, 11) is 0. The number of nitrogens with zero attached hydrogens (tertiary/aromatic N) is 2. The highest BCUT2D eigenvalue weighted by atomic mass is 79.9. The van der Waals surface area contributed by atoms with Crippen molar-refractivity contribution in [1.82, 2.24) is 9.80 Å². The van der Waals surface area contributed by atoms with Gasteiger partial charge in [-0.2, -0.15) is 0 Å². The van der Waals surface area contributed by atoms with Crippen LogP contribution in [-0.2, 0) is 0 Å². The fourth-order valence-corrected chi connectivity index (χ4v) is 3.90. The lowest BCUT2D eigenvalue weighted by atomic mass is 10.1. The molecule has 114 valence electrons. The quantitative estimate of drug-likeness (QED) is 0.833. The summed E-state index contributed by atoms with van der Waals surface area (Å²) in [5, 5.41) is 0. The van der Waals surface area contributed by atoms with Gasteiger partial charge in [0.1, 0.15) is 0 Å². The van der Waals surface area contributed by atoms with Gasteiger partial charge in [-0.3, -0.25) is 9.69 Å². The van der Waals surface area contributed by atoms with E-state index in [0.29, 0.717) is 11.7 Å². The molecule has 21 heavy (non-hydrogen) atoms. The summed E-state index contributed by atoms with van der Waals surface area (Å²) < 4.78 is 0.865. The summed E-state index contributed by atoms with van der Waals surface area (Å²) in [4.78, 5) is 17.3. The minimum absolute atomic E-state index is 0.113. The SMILES string of the molecule is Cc1c(N)cc(Br)cc1C(=O)N1CCC(N2CCCC2)C1. The van der Waals surface area contributed by atoms with Gasteiger partial charge in [-0.1, -0.05) is 15.9 Å². The Morgan fingerprint density at radius 2 is 2.00 bits per heavy atom. The summed E-state index contributed by atoms with van der Waals surface area (Å²) in [6.45, 7) is 6.00. The van der Waals surface area contributed by atoms with E-state index < -0.39 is 0 Å². The predicted molar refractivity (Wildman–Crippen MR) is 88.4 cm³/mol. The van der Waals surface area contributed by atoms with Gasteiger partial charge >= 0.3 is 0 Å². The van der Waals surface area contributed by atoms with Crippen LogP contribution in [0.5, 0.6) is 0 Å². The summed E-state index contributed by atoms with van der Waals surface area (Å²) >= 11 is 3.43. The van der Waals surface area contributed by atoms with Gasteiger partial charge in [0.2, 0.25) is 0 Å². The first-order valence-corrected chi connectivity index (χ1v) is 8.44. The molecule has 2 heterocycles. The molecular weight excluding hydrogens is 330 g/mol. The zero-order chi connectivity index (χ0) is 15.0. The van der Waals surface area contributed by atoms with Crippen LogP contribution in [0, 0.1) is 6.92 Å². The highest BCUT2D eigenvalue weighted by Crippen LogP contribution is 2.26. The molecule has 0 aromatic heterocycles. The smallest absolute Gasteiger partial charge is 0.254 e. The Labute approximate surface area is 134 Å². The molecule has 1 unspecified atom stereocenters. The number of likely N-dealkylation sites (tertiary alicyclic amines) is 2. The van der Waals surface area contributed by atoms with Crippen molar-refractivity contribution in [2.45, 2.75) is 32.2 Å². The number of carbonyl (C=O) groups is 1. The summed E-state index contributed by atoms with van der Waals surface area (Å²) in [6, 6.07) is 4.28. The van der Waals surface area contributed by atoms with Crippen molar-refractivity contribution in [1.29, 1.82) is 0 Å². The summed E-state index contributed by atoms with van der Waals surface area (Å²) in [6.07, 6.45) is 3.69. The van der Waals surface area contributed by atoms with E-state index in [9.17, 15) is 4.79 Å². The van der Waals surface area contributed by atoms with Crippen LogP contribution in [0.4, 0.5) is 5.69 Å². The first-order chi connectivity index (χ1) is 10.1. The zero-order valence-corrected chi connectivity index (χ0v) is 14.0. The number of nitrogen functional groups attached to an aromatic ring is 1. The van der Waals surface area contributed by atoms with E-state index in [2.05, 4.69) is 20.8 Å². The molecule has 0 bridgehead atoms. The molecule has 2 aliphatic heterocycles. The lowest BCUT2D eigenvalue weighted by Gasteiger charge is -2.24. The van der Waals surface area contributed by atoms with E-state index in [1.165, 1.54) is 25.9 Å². The topological polar surface area (TPSA) is 49.6 Å². The second-order valence-corrected chi connectivity index (χ2v) is 7.02. The van der Waals surface area contributed by atoms with E-state index in [4.69, 9.17) is 5.73 Å². The minimum atomic E-state index is 0.113. The number of halogens is 1. The van der Waals surface area contributed by atoms with Crippen molar-refractivity contribution in [2.75, 3.05) is 31.9 Å². The second kappa shape index (κ2) is 5.97. The molecule has 0 spiro atoms. The molecule has 4 nitrogen and oxygen atoms in total. The van der Waals surface area contributed by atoms with E-state index in [1.54, 1.807) is 0 Å². The standard InChI is InChI=1S/C16H22BrN3O/c1-11-14(8-12(17)9-15(11)18)16(21)20-7-4-13(10-20)19-5-2-3-6-19/h8-9,13H,2-7,10,18H2,1H3. The number of carbonyl (C=O) groups excluding carboxylic acids is 1. The van der Waals surface area contributed by atoms with Crippen LogP contribution in [0.15, 0.2) is 16.6 Å². The van der Waals surface area contributed by atoms with Crippen molar-refractivity contribution in [3.05, 3.63) is 27.7 Å². The van der Waals surface area contributed by atoms with E-state index in [1.807, 2.05) is 24.0 Å². The average molecular weight is 352 g/mol. The van der Waals surface area contributed by atoms with Crippen LogP contribution in [0.2, 0.25) is 0 Å². The Morgan fingerprint density at radius 1 is 1.29 bits per heavy atom. The van der Waals surface area contributed by atoms with Gasteiger partial charge < -0.3 is 10.6 Å². The highest BCUT2D eigenvalue weighted by molar-refractivity contribution is 9.10. The molecular formula is C16H22BrN3O. The summed E-state index contributed by atoms with van der Waals surface area (Å²) in [5.41, 5.74) is 8.25. The molecule has 1 amide bonds. The van der Waals surface area contributed by atoms with E-state index >= 15 is 0 Å². The number of hydrogen-bond donors (Lipinski definition) is 1. The second-order valence-electron chi connectivity index (χ2n) is 6.10. The molecule has 0 radical (unpaired) electrons. The average Bonchev–Trinajstić information content (AvgIpc) is 3.11. The normalized spacial score (nSPS) is 23.0. The Hall–Kier alpha value is -1.07. The highest BCUT2D eigenvalue weighted by Gasteiger charge is 2.32. The monoisotopic (exact) mass is 351 g/mol. The van der Waals surface area contributed by atoms with Crippen molar-refractivity contribution in [3.63, 3.8) is 0 Å². The molecule has 2 fully saturated rings. The van der Waals surface area contributed by atoms with E-state index in [0.717, 1.165) is 35.1 Å². The lowest BCUT2D eigenvalue weighted by Crippen LogP contribution is -2.37. The van der Waals surface area contributed by atoms with Gasteiger partial charge in [0.05, 0.1) is 0 Å². The van der Waals surface area contributed by atoms with Gasteiger partial charge in [-0.15, -0.1) is 0 Å². The zero-order valence-electron chi connectivity index (χ0n) is 12.4. The maximum absolute atomic E-state index is 12.8. The molecule has 1 atom stereocenters. The Kier molecular flexibility index (Phi) is 4.22. The fraction of sp³-hybridized carbons (Fsp3) is 0.562. The van der Waals surface area contributed by atoms with Crippen molar-refractivity contribution < 1.29 is 4.79 Å². The molecule has 5 heteroatoms. The number of nitrogens with two attached hydrogens (primary N) is 1. The number of benzene rings is 1. The lowest BCUT2D eigenvalue weighted by molar-refractivity contribution is 0.0779. The van der Waals surface area contributed by atoms with Crippen molar-refractivity contribution in [3.8, 4) is 0 Å². The Morgan fingerprint density at radius 3 is 2.71 bits per heavy atom. The van der Waals surface area contributed by atoms with Crippen molar-refractivity contribution >= 4 is 27.5 Å². The van der Waals surface area contributed by atoms with Crippen molar-refractivity contribution in [2.24, 2.45) is 0 Å². The number of hydrogen-bond acceptors (Lipinski definition) is 3. The van der Waals surface area contributed by atoms with Crippen LogP contribution in [0.1, 0.15) is 35.2 Å². The van der Waals surface area contributed by atoms with Gasteiger partial charge in [-0.25, -0.2) is 0 Å². The largest absolute Gasteiger partial charge is 0.398 e. The number of rotatable bonds is 2. The van der Waals surface area contributed by atoms with Crippen LogP contribution < -0.4 is 5.73 Å². The van der Waals surface area contributed by atoms with Gasteiger partial charge in [0.25, 0.3) is 5.91 Å². The third kappa shape index (κ3) is 2.94. The van der Waals surface area contributed by atoms with Gasteiger partial charge in [-0.05, 0) is 57.0 Å². The first-order valence-electron chi connectivity index (χ1n) is 7.65. The van der Waals surface area contributed by atoms with E-state index in [-0.39, 0.29) is 5.91 Å². The minimum Gasteiger partial charge on any atom is -0.398 e. The maximum atomic E-state index is 12.8. The molecule has 2 aliphatic rings. The van der Waals surface area contributed by atoms with Crippen LogP contribution >= 0.6 is 15.9 Å². The molecule has 2 saturated heterocycles. The van der Waals surface area contributed by atoms with Crippen LogP contribution in [0.25, 0.3) is 0 Å². The molecule has 0 saturated carbocycles.